The Morgan fingerprint density at radius 2 is 2.21 bits per heavy atom. The number of piperidine rings is 1. The molecule has 0 saturated carbocycles. The van der Waals surface area contributed by atoms with Gasteiger partial charge in [0.1, 0.15) is 0 Å². The van der Waals surface area contributed by atoms with Crippen molar-refractivity contribution in [2.45, 2.75) is 19.4 Å². The van der Waals surface area contributed by atoms with Crippen molar-refractivity contribution in [2.75, 3.05) is 33.9 Å². The Kier molecular flexibility index (Phi) is 5.16. The maximum absolute atomic E-state index is 13.4. The number of nitrogens with zero attached hydrogens (tertiary/aromatic N) is 1. The summed E-state index contributed by atoms with van der Waals surface area (Å²) in [6.07, 6.45) is 2.43. The van der Waals surface area contributed by atoms with E-state index in [2.05, 4.69) is 4.90 Å². The van der Waals surface area contributed by atoms with Crippen LogP contribution in [-0.4, -0.2) is 38.8 Å². The van der Waals surface area contributed by atoms with Gasteiger partial charge in [0, 0.05) is 20.2 Å². The molecule has 0 spiro atoms. The van der Waals surface area contributed by atoms with Gasteiger partial charge in [0.05, 0.1) is 13.7 Å². The molecule has 1 aromatic carbocycles. The third-order valence-corrected chi connectivity index (χ3v) is 3.63. The molecule has 1 heterocycles. The number of benzene rings is 1. The summed E-state index contributed by atoms with van der Waals surface area (Å²) in [5.41, 5.74) is 1.09. The fourth-order valence-corrected chi connectivity index (χ4v) is 2.73. The average Bonchev–Trinajstić information content (AvgIpc) is 2.42. The maximum Gasteiger partial charge on any atom is 0.165 e. The largest absolute Gasteiger partial charge is 0.494 e. The van der Waals surface area contributed by atoms with Crippen molar-refractivity contribution in [1.29, 1.82) is 0 Å². The summed E-state index contributed by atoms with van der Waals surface area (Å²) < 4.78 is 23.6. The fourth-order valence-electron chi connectivity index (χ4n) is 2.73. The van der Waals surface area contributed by atoms with E-state index in [-0.39, 0.29) is 5.82 Å². The van der Waals surface area contributed by atoms with E-state index < -0.39 is 0 Å². The second-order valence-electron chi connectivity index (χ2n) is 5.17. The molecule has 1 fully saturated rings. The van der Waals surface area contributed by atoms with Crippen molar-refractivity contribution in [1.82, 2.24) is 4.90 Å². The van der Waals surface area contributed by atoms with Crippen molar-refractivity contribution < 1.29 is 13.9 Å². The molecule has 0 N–H and O–H groups in total. The molecule has 1 unspecified atom stereocenters. The summed E-state index contributed by atoms with van der Waals surface area (Å²) in [5.74, 6) is 0.631. The molecular formula is C15H22FNO2. The number of halogens is 1. The van der Waals surface area contributed by atoms with E-state index in [4.69, 9.17) is 9.47 Å². The molecule has 19 heavy (non-hydrogen) atoms. The highest BCUT2D eigenvalue weighted by molar-refractivity contribution is 5.30. The molecular weight excluding hydrogens is 245 g/mol. The van der Waals surface area contributed by atoms with E-state index in [1.54, 1.807) is 13.2 Å². The molecule has 0 aromatic heterocycles. The zero-order chi connectivity index (χ0) is 13.7. The number of methoxy groups -OCH3 is 2. The molecule has 0 aliphatic carbocycles. The number of hydrogen-bond donors (Lipinski definition) is 0. The van der Waals surface area contributed by atoms with Crippen LogP contribution in [0.1, 0.15) is 18.4 Å². The van der Waals surface area contributed by atoms with Crippen LogP contribution in [0.2, 0.25) is 0 Å². The zero-order valence-electron chi connectivity index (χ0n) is 11.7. The first-order valence-electron chi connectivity index (χ1n) is 6.76. The summed E-state index contributed by atoms with van der Waals surface area (Å²) in [5, 5.41) is 0. The van der Waals surface area contributed by atoms with Crippen LogP contribution in [-0.2, 0) is 11.3 Å². The van der Waals surface area contributed by atoms with E-state index in [0.29, 0.717) is 11.7 Å². The number of hydrogen-bond acceptors (Lipinski definition) is 3. The predicted octanol–water partition coefficient (Wildman–Crippen LogP) is 2.69. The van der Waals surface area contributed by atoms with Gasteiger partial charge in [-0.05, 0) is 43.0 Å². The second kappa shape index (κ2) is 6.87. The lowest BCUT2D eigenvalue weighted by atomic mass is 9.98. The van der Waals surface area contributed by atoms with E-state index in [1.165, 1.54) is 26.0 Å². The van der Waals surface area contributed by atoms with Crippen LogP contribution in [0, 0.1) is 11.7 Å². The van der Waals surface area contributed by atoms with Gasteiger partial charge < -0.3 is 9.47 Å². The smallest absolute Gasteiger partial charge is 0.165 e. The number of rotatable bonds is 5. The van der Waals surface area contributed by atoms with Gasteiger partial charge in [0.15, 0.2) is 11.6 Å². The Balaban J connectivity index is 1.96. The Labute approximate surface area is 114 Å². The third-order valence-electron chi connectivity index (χ3n) is 3.63. The minimum absolute atomic E-state index is 0.304. The van der Waals surface area contributed by atoms with E-state index in [0.717, 1.165) is 31.8 Å². The van der Waals surface area contributed by atoms with Crippen LogP contribution in [0.15, 0.2) is 18.2 Å². The van der Waals surface area contributed by atoms with Crippen LogP contribution < -0.4 is 4.74 Å². The van der Waals surface area contributed by atoms with Crippen LogP contribution in [0.4, 0.5) is 4.39 Å². The Morgan fingerprint density at radius 3 is 2.95 bits per heavy atom. The van der Waals surface area contributed by atoms with E-state index in [1.807, 2.05) is 6.07 Å². The topological polar surface area (TPSA) is 21.7 Å². The summed E-state index contributed by atoms with van der Waals surface area (Å²) in [6.45, 7) is 3.81. The average molecular weight is 267 g/mol. The van der Waals surface area contributed by atoms with Gasteiger partial charge in [-0.25, -0.2) is 4.39 Å². The fraction of sp³-hybridized carbons (Fsp3) is 0.600. The molecule has 0 radical (unpaired) electrons. The van der Waals surface area contributed by atoms with Crippen molar-refractivity contribution in [3.05, 3.63) is 29.6 Å². The molecule has 1 saturated heterocycles. The number of likely N-dealkylation sites (tertiary alicyclic amines) is 1. The third kappa shape index (κ3) is 3.91. The summed E-state index contributed by atoms with van der Waals surface area (Å²) >= 11 is 0. The first-order chi connectivity index (χ1) is 9.22. The Hall–Kier alpha value is -1.13. The quantitative estimate of drug-likeness (QED) is 0.818. The first kappa shape index (κ1) is 14.3. The molecule has 4 heteroatoms. The van der Waals surface area contributed by atoms with Crippen LogP contribution in [0.25, 0.3) is 0 Å². The minimum Gasteiger partial charge on any atom is -0.494 e. The molecule has 3 nitrogen and oxygen atoms in total. The lowest BCUT2D eigenvalue weighted by molar-refractivity contribution is 0.0873. The SMILES string of the molecule is COCC1CCCN(Cc2ccc(F)c(OC)c2)C1. The second-order valence-corrected chi connectivity index (χ2v) is 5.17. The zero-order valence-corrected chi connectivity index (χ0v) is 11.7. The molecule has 0 amide bonds. The van der Waals surface area contributed by atoms with Gasteiger partial charge in [-0.2, -0.15) is 0 Å². The Morgan fingerprint density at radius 1 is 1.37 bits per heavy atom. The molecule has 106 valence electrons. The highest BCUT2D eigenvalue weighted by atomic mass is 19.1. The van der Waals surface area contributed by atoms with E-state index in [9.17, 15) is 4.39 Å². The number of ether oxygens (including phenoxy) is 2. The van der Waals surface area contributed by atoms with Gasteiger partial charge in [-0.3, -0.25) is 4.90 Å². The van der Waals surface area contributed by atoms with Crippen LogP contribution in [0.5, 0.6) is 5.75 Å². The van der Waals surface area contributed by atoms with Crippen LogP contribution >= 0.6 is 0 Å². The summed E-state index contributed by atoms with van der Waals surface area (Å²) in [7, 11) is 3.25. The van der Waals surface area contributed by atoms with Gasteiger partial charge in [0.25, 0.3) is 0 Å². The molecule has 1 aliphatic rings. The molecule has 2 rings (SSSR count). The maximum atomic E-state index is 13.4. The summed E-state index contributed by atoms with van der Waals surface area (Å²) in [4.78, 5) is 2.40. The lowest BCUT2D eigenvalue weighted by Gasteiger charge is -2.32. The highest BCUT2D eigenvalue weighted by Crippen LogP contribution is 2.22. The van der Waals surface area contributed by atoms with Crippen molar-refractivity contribution in [3.63, 3.8) is 0 Å². The molecule has 1 atom stereocenters. The highest BCUT2D eigenvalue weighted by Gasteiger charge is 2.20. The predicted molar refractivity (Wildman–Crippen MR) is 72.8 cm³/mol. The van der Waals surface area contributed by atoms with Crippen molar-refractivity contribution >= 4 is 0 Å². The first-order valence-corrected chi connectivity index (χ1v) is 6.76. The normalized spacial score (nSPS) is 20.5. The van der Waals surface area contributed by atoms with Gasteiger partial charge in [-0.1, -0.05) is 6.07 Å². The Bertz CT molecular complexity index is 409. The lowest BCUT2D eigenvalue weighted by Crippen LogP contribution is -2.36. The van der Waals surface area contributed by atoms with Crippen molar-refractivity contribution in [2.24, 2.45) is 5.92 Å². The molecule has 1 aliphatic heterocycles. The van der Waals surface area contributed by atoms with Gasteiger partial charge in [-0.15, -0.1) is 0 Å². The van der Waals surface area contributed by atoms with Gasteiger partial charge >= 0.3 is 0 Å². The summed E-state index contributed by atoms with van der Waals surface area (Å²) in [6, 6.07) is 5.10. The molecule has 1 aromatic rings. The van der Waals surface area contributed by atoms with Crippen molar-refractivity contribution in [3.8, 4) is 5.75 Å². The minimum atomic E-state index is -0.304. The van der Waals surface area contributed by atoms with Gasteiger partial charge in [0.2, 0.25) is 0 Å². The van der Waals surface area contributed by atoms with E-state index >= 15 is 0 Å². The molecule has 0 bridgehead atoms. The van der Waals surface area contributed by atoms with Crippen LogP contribution in [0.3, 0.4) is 0 Å². The monoisotopic (exact) mass is 267 g/mol. The standard InChI is InChI=1S/C15H22FNO2/c1-18-11-13-4-3-7-17(10-13)9-12-5-6-14(16)15(8-12)19-2/h5-6,8,13H,3-4,7,9-11H2,1-2H3.